The number of benzene rings is 2. The molecule has 0 fully saturated rings. The number of carbonyl (C=O) groups excluding carboxylic acids is 2. The van der Waals surface area contributed by atoms with Crippen LogP contribution in [0.4, 0.5) is 11.4 Å². The first-order valence-electron chi connectivity index (χ1n) is 8.55. The van der Waals surface area contributed by atoms with E-state index in [-0.39, 0.29) is 16.3 Å². The molecule has 7 nitrogen and oxygen atoms in total. The van der Waals surface area contributed by atoms with E-state index in [2.05, 4.69) is 10.0 Å². The lowest BCUT2D eigenvalue weighted by molar-refractivity contribution is 0.0499. The molecule has 0 spiro atoms. The number of sulfonamides is 1. The number of halogens is 1. The first-order valence-corrected chi connectivity index (χ1v) is 10.8. The van der Waals surface area contributed by atoms with E-state index in [0.717, 1.165) is 19.1 Å². The van der Waals surface area contributed by atoms with Gasteiger partial charge in [-0.05, 0) is 48.9 Å². The molecule has 0 aliphatic heterocycles. The van der Waals surface area contributed by atoms with E-state index in [4.69, 9.17) is 16.3 Å². The Morgan fingerprint density at radius 1 is 1.07 bits per heavy atom. The highest BCUT2D eigenvalue weighted by Gasteiger charge is 2.13. The number of nitrogens with one attached hydrogen (secondary N) is 2. The second kappa shape index (κ2) is 9.57. The third kappa shape index (κ3) is 6.54. The Kier molecular flexibility index (Phi) is 7.42. The van der Waals surface area contributed by atoms with Crippen LogP contribution >= 0.6 is 11.6 Å². The molecule has 1 amide bonds. The molecule has 0 atom stereocenters. The highest BCUT2D eigenvalue weighted by molar-refractivity contribution is 7.92. The van der Waals surface area contributed by atoms with E-state index in [0.29, 0.717) is 17.9 Å². The number of rotatable bonds is 8. The van der Waals surface area contributed by atoms with Crippen molar-refractivity contribution in [1.82, 2.24) is 0 Å². The van der Waals surface area contributed by atoms with Crippen LogP contribution in [0.1, 0.15) is 40.5 Å². The van der Waals surface area contributed by atoms with E-state index < -0.39 is 21.9 Å². The van der Waals surface area contributed by atoms with E-state index in [9.17, 15) is 18.0 Å². The number of esters is 1. The van der Waals surface area contributed by atoms with Crippen LogP contribution in [0.3, 0.4) is 0 Å². The largest absolute Gasteiger partial charge is 0.462 e. The molecule has 0 radical (unpaired) electrons. The number of anilines is 2. The van der Waals surface area contributed by atoms with Crippen molar-refractivity contribution < 1.29 is 22.7 Å². The molecule has 0 bridgehead atoms. The Balaban J connectivity index is 2.03. The van der Waals surface area contributed by atoms with E-state index in [1.807, 2.05) is 6.92 Å². The third-order valence-corrected chi connectivity index (χ3v) is 4.55. The topological polar surface area (TPSA) is 102 Å². The summed E-state index contributed by atoms with van der Waals surface area (Å²) in [6.07, 6.45) is 2.76. The minimum Gasteiger partial charge on any atom is -0.462 e. The van der Waals surface area contributed by atoms with Gasteiger partial charge in [-0.15, -0.1) is 0 Å². The van der Waals surface area contributed by atoms with Crippen molar-refractivity contribution in [3.05, 3.63) is 58.6 Å². The Labute approximate surface area is 169 Å². The average molecular weight is 425 g/mol. The van der Waals surface area contributed by atoms with Crippen LogP contribution in [0, 0.1) is 0 Å². The molecule has 28 heavy (non-hydrogen) atoms. The van der Waals surface area contributed by atoms with Crippen molar-refractivity contribution in [3.8, 4) is 0 Å². The van der Waals surface area contributed by atoms with Gasteiger partial charge >= 0.3 is 5.97 Å². The number of unbranched alkanes of at least 4 members (excludes halogenated alkanes) is 1. The van der Waals surface area contributed by atoms with Crippen LogP contribution in [-0.4, -0.2) is 33.2 Å². The van der Waals surface area contributed by atoms with Crippen molar-refractivity contribution >= 4 is 44.9 Å². The van der Waals surface area contributed by atoms with Crippen molar-refractivity contribution in [2.75, 3.05) is 22.9 Å². The molecular formula is C19H21ClN2O5S. The number of carbonyl (C=O) groups is 2. The van der Waals surface area contributed by atoms with Gasteiger partial charge < -0.3 is 10.1 Å². The van der Waals surface area contributed by atoms with Gasteiger partial charge in [-0.2, -0.15) is 0 Å². The fraction of sp³-hybridized carbons (Fsp3) is 0.263. The number of hydrogen-bond acceptors (Lipinski definition) is 5. The summed E-state index contributed by atoms with van der Waals surface area (Å²) < 4.78 is 29.9. The standard InChI is InChI=1S/C19H21ClN2O5S/c1-3-4-11-27-19(24)13-5-7-14(8-6-13)21-18(23)16-10-9-15(12-17(16)20)22-28(2,25)26/h5-10,12,22H,3-4,11H2,1-2H3,(H,21,23). The van der Waals surface area contributed by atoms with Crippen molar-refractivity contribution in [2.24, 2.45) is 0 Å². The summed E-state index contributed by atoms with van der Waals surface area (Å²) >= 11 is 6.09. The molecule has 0 aliphatic carbocycles. The Bertz CT molecular complexity index is 959. The number of ether oxygens (including phenoxy) is 1. The van der Waals surface area contributed by atoms with Crippen molar-refractivity contribution in [3.63, 3.8) is 0 Å². The molecule has 2 N–H and O–H groups in total. The fourth-order valence-corrected chi connectivity index (χ4v) is 3.08. The predicted octanol–water partition coefficient (Wildman–Crippen LogP) is 3.92. The maximum Gasteiger partial charge on any atom is 0.338 e. The lowest BCUT2D eigenvalue weighted by Gasteiger charge is -2.10. The molecule has 2 aromatic carbocycles. The monoisotopic (exact) mass is 424 g/mol. The van der Waals surface area contributed by atoms with Crippen LogP contribution in [0.5, 0.6) is 0 Å². The normalized spacial score (nSPS) is 11.0. The Hall–Kier alpha value is -2.58. The smallest absolute Gasteiger partial charge is 0.338 e. The maximum absolute atomic E-state index is 12.4. The minimum absolute atomic E-state index is 0.0993. The lowest BCUT2D eigenvalue weighted by Crippen LogP contribution is -2.14. The van der Waals surface area contributed by atoms with Crippen LogP contribution in [0.2, 0.25) is 5.02 Å². The fourth-order valence-electron chi connectivity index (χ4n) is 2.26. The summed E-state index contributed by atoms with van der Waals surface area (Å²) in [6.45, 7) is 2.38. The van der Waals surface area contributed by atoms with Gasteiger partial charge in [-0.3, -0.25) is 9.52 Å². The van der Waals surface area contributed by atoms with Crippen molar-refractivity contribution in [2.45, 2.75) is 19.8 Å². The first-order chi connectivity index (χ1) is 13.2. The first kappa shape index (κ1) is 21.7. The average Bonchev–Trinajstić information content (AvgIpc) is 2.61. The zero-order valence-corrected chi connectivity index (χ0v) is 17.1. The molecule has 0 saturated carbocycles. The number of hydrogen-bond donors (Lipinski definition) is 2. The van der Waals surface area contributed by atoms with E-state index in [1.165, 1.54) is 18.2 Å². The van der Waals surface area contributed by atoms with Gasteiger partial charge in [0.05, 0.1) is 29.0 Å². The molecule has 150 valence electrons. The van der Waals surface area contributed by atoms with Gasteiger partial charge in [-0.1, -0.05) is 24.9 Å². The molecule has 2 rings (SSSR count). The third-order valence-electron chi connectivity index (χ3n) is 3.63. The summed E-state index contributed by atoms with van der Waals surface area (Å²) in [7, 11) is -3.44. The van der Waals surface area contributed by atoms with Crippen LogP contribution in [-0.2, 0) is 14.8 Å². The van der Waals surface area contributed by atoms with Crippen molar-refractivity contribution in [1.29, 1.82) is 0 Å². The number of amides is 1. The molecule has 0 saturated heterocycles. The second-order valence-corrected chi connectivity index (χ2v) is 8.25. The van der Waals surface area contributed by atoms with Gasteiger partial charge in [0.2, 0.25) is 10.0 Å². The lowest BCUT2D eigenvalue weighted by atomic mass is 10.1. The van der Waals surface area contributed by atoms with Crippen LogP contribution in [0.15, 0.2) is 42.5 Å². The molecule has 9 heteroatoms. The summed E-state index contributed by atoms with van der Waals surface area (Å²) in [4.78, 5) is 24.3. The minimum atomic E-state index is -3.44. The van der Waals surface area contributed by atoms with E-state index in [1.54, 1.807) is 24.3 Å². The quantitative estimate of drug-likeness (QED) is 0.494. The second-order valence-electron chi connectivity index (χ2n) is 6.09. The predicted molar refractivity (Wildman–Crippen MR) is 110 cm³/mol. The summed E-state index contributed by atoms with van der Waals surface area (Å²) in [5, 5.41) is 2.77. The molecule has 0 aromatic heterocycles. The highest BCUT2D eigenvalue weighted by atomic mass is 35.5. The highest BCUT2D eigenvalue weighted by Crippen LogP contribution is 2.23. The Morgan fingerprint density at radius 3 is 2.29 bits per heavy atom. The zero-order chi connectivity index (χ0) is 20.7. The van der Waals surface area contributed by atoms with Gasteiger partial charge in [0.1, 0.15) is 0 Å². The van der Waals surface area contributed by atoms with E-state index >= 15 is 0 Å². The molecule has 2 aromatic rings. The molecule has 0 aliphatic rings. The van der Waals surface area contributed by atoms with Crippen LogP contribution < -0.4 is 10.0 Å². The molecular weight excluding hydrogens is 404 g/mol. The summed E-state index contributed by atoms with van der Waals surface area (Å²) in [6, 6.07) is 10.5. The molecule has 0 heterocycles. The van der Waals surface area contributed by atoms with Gasteiger partial charge in [-0.25, -0.2) is 13.2 Å². The SMILES string of the molecule is CCCCOC(=O)c1ccc(NC(=O)c2ccc(NS(C)(=O)=O)cc2Cl)cc1. The summed E-state index contributed by atoms with van der Waals surface area (Å²) in [5.74, 6) is -0.877. The van der Waals surface area contributed by atoms with Gasteiger partial charge in [0.15, 0.2) is 0 Å². The molecule has 0 unspecified atom stereocenters. The summed E-state index contributed by atoms with van der Waals surface area (Å²) in [5.41, 5.74) is 1.31. The Morgan fingerprint density at radius 2 is 1.71 bits per heavy atom. The van der Waals surface area contributed by atoms with Crippen LogP contribution in [0.25, 0.3) is 0 Å². The van der Waals surface area contributed by atoms with Gasteiger partial charge in [0, 0.05) is 11.4 Å². The van der Waals surface area contributed by atoms with Gasteiger partial charge in [0.25, 0.3) is 5.91 Å². The zero-order valence-electron chi connectivity index (χ0n) is 15.5. The maximum atomic E-state index is 12.4.